The van der Waals surface area contributed by atoms with Gasteiger partial charge in [-0.15, -0.1) is 12.4 Å². The van der Waals surface area contributed by atoms with Crippen LogP contribution in [0.4, 0.5) is 11.4 Å². The third-order valence-corrected chi connectivity index (χ3v) is 5.48. The zero-order valence-corrected chi connectivity index (χ0v) is 22.0. The molecule has 40 heavy (non-hydrogen) atoms. The molecule has 0 bridgehead atoms. The fourth-order valence-corrected chi connectivity index (χ4v) is 3.49. The number of methoxy groups -OCH3 is 1. The quantitative estimate of drug-likeness (QED) is 0.167. The molecule has 15 heteroatoms. The molecule has 0 amide bonds. The molecule has 4 rings (SSSR count). The molecule has 2 aromatic carbocycles. The van der Waals surface area contributed by atoms with Gasteiger partial charge in [-0.25, -0.2) is 9.97 Å². The number of carbonyl (C=O) groups is 2. The first-order valence-electron chi connectivity index (χ1n) is 11.4. The molecule has 0 saturated carbocycles. The number of nitrogens with zero attached hydrogens (tertiary/aromatic N) is 6. The highest BCUT2D eigenvalue weighted by Gasteiger charge is 2.11. The molecule has 2 heterocycles. The van der Waals surface area contributed by atoms with E-state index in [1.807, 2.05) is 0 Å². The standard InChI is InChI=1S/C13H13N3O4.C12H11N3O4.ClH/c1-20-13(17)6-12-7-14-9-15(12)8-10-2-4-11(5-3-10)16(18)19;16-12(17)5-11-6-13-8-14(11)7-9-1-3-10(4-2-9)15(18)19;/h2-5,7,9H,6,8H2,1H3;1-4,6,8H,5,7H2,(H,16,17);1H. The number of carbonyl (C=O) groups excluding carboxylic acids is 1. The van der Waals surface area contributed by atoms with Crippen LogP contribution in [0, 0.1) is 20.2 Å². The van der Waals surface area contributed by atoms with E-state index in [0.29, 0.717) is 18.8 Å². The van der Waals surface area contributed by atoms with Crippen molar-refractivity contribution >= 4 is 35.7 Å². The molecule has 1 N–H and O–H groups in total. The second-order valence-electron chi connectivity index (χ2n) is 8.20. The number of rotatable bonds is 10. The number of aromatic nitrogens is 4. The molecule has 0 aliphatic rings. The van der Waals surface area contributed by atoms with Gasteiger partial charge in [0.25, 0.3) is 11.4 Å². The van der Waals surface area contributed by atoms with Gasteiger partial charge in [0.05, 0.1) is 42.5 Å². The third kappa shape index (κ3) is 9.02. The van der Waals surface area contributed by atoms with Gasteiger partial charge in [0, 0.05) is 61.1 Å². The minimum absolute atomic E-state index is 0. The molecule has 0 radical (unpaired) electrons. The number of non-ortho nitro benzene ring substituents is 2. The Morgan fingerprint density at radius 3 is 1.55 bits per heavy atom. The lowest BCUT2D eigenvalue weighted by atomic mass is 10.2. The van der Waals surface area contributed by atoms with E-state index in [4.69, 9.17) is 5.11 Å². The second-order valence-corrected chi connectivity index (χ2v) is 8.20. The second kappa shape index (κ2) is 14.7. The van der Waals surface area contributed by atoms with E-state index in [2.05, 4.69) is 14.7 Å². The SMILES string of the molecule is COC(=O)Cc1cncn1Cc1ccc([N+](=O)[O-])cc1.Cl.O=C(O)Cc1cncn1Cc1ccc([N+](=O)[O-])cc1. The Balaban J connectivity index is 0.000000274. The van der Waals surface area contributed by atoms with Crippen molar-refractivity contribution in [1.82, 2.24) is 19.1 Å². The average Bonchev–Trinajstić information content (AvgIpc) is 3.53. The molecule has 210 valence electrons. The summed E-state index contributed by atoms with van der Waals surface area (Å²) in [6, 6.07) is 12.4. The van der Waals surface area contributed by atoms with Gasteiger partial charge in [-0.3, -0.25) is 29.8 Å². The van der Waals surface area contributed by atoms with Crippen LogP contribution in [0.25, 0.3) is 0 Å². The lowest BCUT2D eigenvalue weighted by molar-refractivity contribution is -0.385. The summed E-state index contributed by atoms with van der Waals surface area (Å²) in [6.45, 7) is 0.922. The summed E-state index contributed by atoms with van der Waals surface area (Å²) in [5, 5.41) is 29.9. The van der Waals surface area contributed by atoms with Crippen LogP contribution in [-0.2, 0) is 40.3 Å². The highest BCUT2D eigenvalue weighted by atomic mass is 35.5. The molecule has 2 aromatic heterocycles. The third-order valence-electron chi connectivity index (χ3n) is 5.48. The Kier molecular flexibility index (Phi) is 11.5. The van der Waals surface area contributed by atoms with E-state index in [0.717, 1.165) is 16.8 Å². The van der Waals surface area contributed by atoms with Crippen LogP contribution in [-0.4, -0.2) is 53.1 Å². The minimum atomic E-state index is -0.926. The molecule has 0 spiro atoms. The Hall–Kier alpha value is -5.11. The van der Waals surface area contributed by atoms with Crippen LogP contribution in [0.5, 0.6) is 0 Å². The van der Waals surface area contributed by atoms with E-state index in [1.54, 1.807) is 52.3 Å². The fraction of sp³-hybridized carbons (Fsp3) is 0.200. The van der Waals surface area contributed by atoms with Crippen molar-refractivity contribution in [2.24, 2.45) is 0 Å². The van der Waals surface area contributed by atoms with Crippen molar-refractivity contribution in [3.8, 4) is 0 Å². The average molecular weight is 573 g/mol. The number of carboxylic acids is 1. The molecule has 0 aliphatic heterocycles. The molecular weight excluding hydrogens is 548 g/mol. The van der Waals surface area contributed by atoms with Gasteiger partial charge in [0.2, 0.25) is 0 Å². The number of aliphatic carboxylic acids is 1. The number of carboxylic acid groups (broad SMARTS) is 1. The number of nitro benzene ring substituents is 2. The number of imidazole rings is 2. The summed E-state index contributed by atoms with van der Waals surface area (Å²) in [6.07, 6.45) is 6.29. The zero-order chi connectivity index (χ0) is 28.4. The van der Waals surface area contributed by atoms with E-state index in [-0.39, 0.29) is 42.6 Å². The summed E-state index contributed by atoms with van der Waals surface area (Å²) in [4.78, 5) is 50.1. The molecule has 0 aliphatic carbocycles. The molecule has 4 aromatic rings. The number of nitro groups is 2. The number of ether oxygens (including phenoxy) is 1. The van der Waals surface area contributed by atoms with Gasteiger partial charge in [-0.2, -0.15) is 0 Å². The number of halogens is 1. The van der Waals surface area contributed by atoms with Crippen LogP contribution in [0.3, 0.4) is 0 Å². The van der Waals surface area contributed by atoms with Crippen molar-refractivity contribution < 1.29 is 29.3 Å². The normalized spacial score (nSPS) is 10.0. The maximum Gasteiger partial charge on any atom is 0.311 e. The molecule has 0 atom stereocenters. The fourth-order valence-electron chi connectivity index (χ4n) is 3.49. The van der Waals surface area contributed by atoms with Crippen LogP contribution < -0.4 is 0 Å². The highest BCUT2D eigenvalue weighted by molar-refractivity contribution is 5.85. The van der Waals surface area contributed by atoms with Gasteiger partial charge in [0.15, 0.2) is 0 Å². The molecular formula is C25H25ClN6O8. The monoisotopic (exact) mass is 572 g/mol. The number of esters is 1. The predicted molar refractivity (Wildman–Crippen MR) is 143 cm³/mol. The first-order valence-corrected chi connectivity index (χ1v) is 11.4. The summed E-state index contributed by atoms with van der Waals surface area (Å²) < 4.78 is 8.12. The summed E-state index contributed by atoms with van der Waals surface area (Å²) in [7, 11) is 1.33. The molecule has 0 unspecified atom stereocenters. The van der Waals surface area contributed by atoms with Crippen molar-refractivity contribution in [2.45, 2.75) is 25.9 Å². The minimum Gasteiger partial charge on any atom is -0.481 e. The maximum atomic E-state index is 11.3. The predicted octanol–water partition coefficient (Wildman–Crippen LogP) is 3.44. The smallest absolute Gasteiger partial charge is 0.311 e. The molecule has 0 fully saturated rings. The Morgan fingerprint density at radius 1 is 0.800 bits per heavy atom. The van der Waals surface area contributed by atoms with E-state index >= 15 is 0 Å². The Bertz CT molecular complexity index is 1450. The maximum absolute atomic E-state index is 11.3. The van der Waals surface area contributed by atoms with Crippen LogP contribution in [0.2, 0.25) is 0 Å². The van der Waals surface area contributed by atoms with E-state index in [1.165, 1.54) is 37.6 Å². The Labute approximate surface area is 233 Å². The van der Waals surface area contributed by atoms with E-state index in [9.17, 15) is 29.8 Å². The van der Waals surface area contributed by atoms with Crippen LogP contribution in [0.15, 0.2) is 73.6 Å². The van der Waals surface area contributed by atoms with Gasteiger partial charge >= 0.3 is 11.9 Å². The number of hydrogen-bond acceptors (Lipinski definition) is 9. The number of benzene rings is 2. The number of hydrogen-bond donors (Lipinski definition) is 1. The van der Waals surface area contributed by atoms with Crippen molar-refractivity contribution in [1.29, 1.82) is 0 Å². The Morgan fingerprint density at radius 2 is 1.20 bits per heavy atom. The summed E-state index contributed by atoms with van der Waals surface area (Å²) >= 11 is 0. The molecule has 14 nitrogen and oxygen atoms in total. The van der Waals surface area contributed by atoms with Gasteiger partial charge in [-0.1, -0.05) is 24.3 Å². The largest absolute Gasteiger partial charge is 0.481 e. The van der Waals surface area contributed by atoms with Crippen LogP contribution in [0.1, 0.15) is 22.5 Å². The summed E-state index contributed by atoms with van der Waals surface area (Å²) in [5.74, 6) is -1.26. The van der Waals surface area contributed by atoms with Crippen molar-refractivity contribution in [3.63, 3.8) is 0 Å². The first-order chi connectivity index (χ1) is 18.7. The van der Waals surface area contributed by atoms with Crippen LogP contribution >= 0.6 is 12.4 Å². The van der Waals surface area contributed by atoms with Gasteiger partial charge in [-0.05, 0) is 11.1 Å². The zero-order valence-electron chi connectivity index (χ0n) is 21.2. The summed E-state index contributed by atoms with van der Waals surface area (Å²) in [5.41, 5.74) is 3.13. The van der Waals surface area contributed by atoms with Crippen molar-refractivity contribution in [3.05, 3.63) is 116 Å². The topological polar surface area (TPSA) is 186 Å². The van der Waals surface area contributed by atoms with Gasteiger partial charge in [0.1, 0.15) is 0 Å². The lowest BCUT2D eigenvalue weighted by Gasteiger charge is -2.07. The lowest BCUT2D eigenvalue weighted by Crippen LogP contribution is -2.10. The van der Waals surface area contributed by atoms with E-state index < -0.39 is 15.8 Å². The molecule has 0 saturated heterocycles. The highest BCUT2D eigenvalue weighted by Crippen LogP contribution is 2.15. The first kappa shape index (κ1) is 31.1. The van der Waals surface area contributed by atoms with Crippen molar-refractivity contribution in [2.75, 3.05) is 7.11 Å². The van der Waals surface area contributed by atoms with Gasteiger partial charge < -0.3 is 19.0 Å².